The van der Waals surface area contributed by atoms with Crippen LogP contribution in [0.1, 0.15) is 5.56 Å². The van der Waals surface area contributed by atoms with E-state index >= 15 is 0 Å². The summed E-state index contributed by atoms with van der Waals surface area (Å²) < 4.78 is 2.22. The second kappa shape index (κ2) is 7.08. The molecule has 4 heteroatoms. The number of pyridine rings is 1. The fraction of sp³-hybridized carbons (Fsp3) is 0.0417. The van der Waals surface area contributed by atoms with Gasteiger partial charge in [-0.2, -0.15) is 0 Å². The fourth-order valence-electron chi connectivity index (χ4n) is 3.54. The van der Waals surface area contributed by atoms with Gasteiger partial charge in [0.1, 0.15) is 12.0 Å². The molecule has 3 aromatic heterocycles. The molecule has 2 aromatic carbocycles. The molecule has 0 fully saturated rings. The van der Waals surface area contributed by atoms with Crippen molar-refractivity contribution in [1.82, 2.24) is 19.5 Å². The average Bonchev–Trinajstić information content (AvgIpc) is 3.14. The highest BCUT2D eigenvalue weighted by Gasteiger charge is 2.17. The van der Waals surface area contributed by atoms with Crippen molar-refractivity contribution < 1.29 is 0 Å². The van der Waals surface area contributed by atoms with Crippen LogP contribution in [0, 0.1) is 0 Å². The monoisotopic (exact) mass is 362 g/mol. The minimum absolute atomic E-state index is 0.724. The van der Waals surface area contributed by atoms with Crippen molar-refractivity contribution in [2.24, 2.45) is 0 Å². The van der Waals surface area contributed by atoms with Crippen LogP contribution in [-0.2, 0) is 6.54 Å². The Balaban J connectivity index is 1.76. The Hall–Kier alpha value is -3.79. The quantitative estimate of drug-likeness (QED) is 0.441. The lowest BCUT2D eigenvalue weighted by Gasteiger charge is -2.10. The zero-order valence-corrected chi connectivity index (χ0v) is 15.2. The van der Waals surface area contributed by atoms with Gasteiger partial charge in [0.2, 0.25) is 0 Å². The van der Waals surface area contributed by atoms with Crippen LogP contribution in [0.2, 0.25) is 0 Å². The van der Waals surface area contributed by atoms with Crippen molar-refractivity contribution in [2.45, 2.75) is 6.54 Å². The highest BCUT2D eigenvalue weighted by atomic mass is 15.1. The maximum Gasteiger partial charge on any atom is 0.144 e. The predicted octanol–water partition coefficient (Wildman–Crippen LogP) is 5.21. The number of fused-ring (bicyclic) bond motifs is 1. The number of benzene rings is 2. The maximum absolute atomic E-state index is 4.63. The molecule has 0 aliphatic heterocycles. The molecule has 0 amide bonds. The first-order valence-corrected chi connectivity index (χ1v) is 9.25. The van der Waals surface area contributed by atoms with Crippen LogP contribution < -0.4 is 0 Å². The molecule has 0 radical (unpaired) electrons. The topological polar surface area (TPSA) is 43.6 Å². The zero-order valence-electron chi connectivity index (χ0n) is 15.2. The van der Waals surface area contributed by atoms with Gasteiger partial charge < -0.3 is 4.57 Å². The van der Waals surface area contributed by atoms with Gasteiger partial charge in [-0.1, -0.05) is 66.7 Å². The summed E-state index contributed by atoms with van der Waals surface area (Å²) in [6.45, 7) is 0.724. The molecule has 0 spiro atoms. The van der Waals surface area contributed by atoms with Crippen molar-refractivity contribution in [2.75, 3.05) is 0 Å². The molecule has 4 nitrogen and oxygen atoms in total. The summed E-state index contributed by atoms with van der Waals surface area (Å²) in [6, 6.07) is 28.8. The summed E-state index contributed by atoms with van der Waals surface area (Å²) in [4.78, 5) is 13.8. The van der Waals surface area contributed by atoms with Crippen LogP contribution in [0.5, 0.6) is 0 Å². The number of rotatable bonds is 4. The van der Waals surface area contributed by atoms with Gasteiger partial charge in [0, 0.05) is 23.7 Å². The van der Waals surface area contributed by atoms with Gasteiger partial charge in [0.15, 0.2) is 0 Å². The second-order valence-corrected chi connectivity index (χ2v) is 6.64. The maximum atomic E-state index is 4.63. The lowest BCUT2D eigenvalue weighted by atomic mass is 10.1. The van der Waals surface area contributed by atoms with E-state index in [0.717, 1.165) is 40.2 Å². The van der Waals surface area contributed by atoms with E-state index in [9.17, 15) is 0 Å². The third-order valence-electron chi connectivity index (χ3n) is 4.85. The first-order chi connectivity index (χ1) is 13.9. The lowest BCUT2D eigenvalue weighted by molar-refractivity contribution is 0.828. The molecule has 0 aliphatic carbocycles. The van der Waals surface area contributed by atoms with E-state index in [2.05, 4.69) is 62.0 Å². The summed E-state index contributed by atoms with van der Waals surface area (Å²) >= 11 is 0. The molecule has 0 atom stereocenters. The van der Waals surface area contributed by atoms with Gasteiger partial charge in [0.25, 0.3) is 0 Å². The number of hydrogen-bond acceptors (Lipinski definition) is 3. The molecule has 3 heterocycles. The normalized spacial score (nSPS) is 11.0. The predicted molar refractivity (Wildman–Crippen MR) is 112 cm³/mol. The van der Waals surface area contributed by atoms with Crippen LogP contribution >= 0.6 is 0 Å². The van der Waals surface area contributed by atoms with Crippen molar-refractivity contribution in [3.05, 3.63) is 103 Å². The van der Waals surface area contributed by atoms with E-state index in [-0.39, 0.29) is 0 Å². The number of aromatic nitrogens is 4. The first-order valence-electron chi connectivity index (χ1n) is 9.25. The van der Waals surface area contributed by atoms with Gasteiger partial charge in [-0.15, -0.1) is 0 Å². The summed E-state index contributed by atoms with van der Waals surface area (Å²) in [6.07, 6.45) is 3.47. The third-order valence-corrected chi connectivity index (χ3v) is 4.85. The lowest BCUT2D eigenvalue weighted by Crippen LogP contribution is -2.03. The van der Waals surface area contributed by atoms with Crippen molar-refractivity contribution in [1.29, 1.82) is 0 Å². The SMILES string of the molecule is c1ccc(Cn2c(-c3ccccn3)cc3c(-c4ccccc4)ncnc32)cc1. The summed E-state index contributed by atoms with van der Waals surface area (Å²) in [5, 5.41) is 1.03. The highest BCUT2D eigenvalue weighted by molar-refractivity contribution is 5.94. The molecule has 0 saturated heterocycles. The highest BCUT2D eigenvalue weighted by Crippen LogP contribution is 2.32. The van der Waals surface area contributed by atoms with E-state index in [1.165, 1.54) is 5.56 Å². The Bertz CT molecular complexity index is 1210. The van der Waals surface area contributed by atoms with Crippen LogP contribution in [0.3, 0.4) is 0 Å². The average molecular weight is 362 g/mol. The van der Waals surface area contributed by atoms with Crippen molar-refractivity contribution in [3.63, 3.8) is 0 Å². The minimum atomic E-state index is 0.724. The molecule has 0 N–H and O–H groups in total. The molecule has 134 valence electrons. The fourth-order valence-corrected chi connectivity index (χ4v) is 3.54. The van der Waals surface area contributed by atoms with Crippen LogP contribution in [0.15, 0.2) is 97.5 Å². The Morgan fingerprint density at radius 3 is 2.21 bits per heavy atom. The van der Waals surface area contributed by atoms with E-state index in [4.69, 9.17) is 0 Å². The van der Waals surface area contributed by atoms with Gasteiger partial charge in [-0.3, -0.25) is 4.98 Å². The Kier molecular flexibility index (Phi) is 4.14. The van der Waals surface area contributed by atoms with Crippen LogP contribution in [-0.4, -0.2) is 19.5 Å². The molecule has 0 saturated carbocycles. The van der Waals surface area contributed by atoms with Gasteiger partial charge >= 0.3 is 0 Å². The number of hydrogen-bond donors (Lipinski definition) is 0. The van der Waals surface area contributed by atoms with Crippen LogP contribution in [0.4, 0.5) is 0 Å². The number of nitrogens with zero attached hydrogens (tertiary/aromatic N) is 4. The summed E-state index contributed by atoms with van der Waals surface area (Å²) in [7, 11) is 0. The summed E-state index contributed by atoms with van der Waals surface area (Å²) in [5.41, 5.74) is 6.12. The zero-order chi connectivity index (χ0) is 18.8. The van der Waals surface area contributed by atoms with Gasteiger partial charge in [-0.25, -0.2) is 9.97 Å². The van der Waals surface area contributed by atoms with Gasteiger partial charge in [-0.05, 0) is 23.8 Å². The molecule has 5 aromatic rings. The van der Waals surface area contributed by atoms with Gasteiger partial charge in [0.05, 0.1) is 17.1 Å². The molecule has 0 unspecified atom stereocenters. The first kappa shape index (κ1) is 16.4. The van der Waals surface area contributed by atoms with Crippen molar-refractivity contribution >= 4 is 11.0 Å². The molecule has 0 aliphatic rings. The Morgan fingerprint density at radius 2 is 1.46 bits per heavy atom. The van der Waals surface area contributed by atoms with E-state index in [0.29, 0.717) is 0 Å². The molecule has 0 bridgehead atoms. The van der Waals surface area contributed by atoms with E-state index in [1.807, 2.05) is 48.7 Å². The van der Waals surface area contributed by atoms with E-state index < -0.39 is 0 Å². The molecule has 28 heavy (non-hydrogen) atoms. The Labute approximate surface area is 163 Å². The second-order valence-electron chi connectivity index (χ2n) is 6.64. The Morgan fingerprint density at radius 1 is 0.714 bits per heavy atom. The standard InChI is InChI=1S/C24H18N4/c1-3-9-18(10-4-1)16-28-22(21-13-7-8-14-25-21)15-20-23(26-17-27-24(20)28)19-11-5-2-6-12-19/h1-15,17H,16H2. The van der Waals surface area contributed by atoms with E-state index in [1.54, 1.807) is 6.33 Å². The molecule has 5 rings (SSSR count). The summed E-state index contributed by atoms with van der Waals surface area (Å²) in [5.74, 6) is 0. The molecular weight excluding hydrogens is 344 g/mol. The van der Waals surface area contributed by atoms with Crippen LogP contribution in [0.25, 0.3) is 33.7 Å². The molecular formula is C24H18N4. The third kappa shape index (κ3) is 2.95. The largest absolute Gasteiger partial charge is 0.319 e. The van der Waals surface area contributed by atoms with Crippen molar-refractivity contribution in [3.8, 4) is 22.6 Å². The smallest absolute Gasteiger partial charge is 0.144 e. The minimum Gasteiger partial charge on any atom is -0.319 e.